The summed E-state index contributed by atoms with van der Waals surface area (Å²) in [5.74, 6) is -1.93. The predicted molar refractivity (Wildman–Crippen MR) is 55.3 cm³/mol. The number of carboxylic acid groups (broad SMARTS) is 1. The number of carboxylic acids is 1. The summed E-state index contributed by atoms with van der Waals surface area (Å²) < 4.78 is 0. The maximum Gasteiger partial charge on any atom is 0.326 e. The fourth-order valence-electron chi connectivity index (χ4n) is 1.61. The molecular formula is C10H16N2O4. The minimum atomic E-state index is -1.24. The van der Waals surface area contributed by atoms with Crippen LogP contribution in [0.5, 0.6) is 0 Å². The first kappa shape index (κ1) is 12.5. The maximum atomic E-state index is 11.4. The molecule has 6 nitrogen and oxygen atoms in total. The van der Waals surface area contributed by atoms with E-state index in [-0.39, 0.29) is 12.3 Å². The number of nitrogens with two attached hydrogens (primary N) is 1. The minimum Gasteiger partial charge on any atom is -0.480 e. The molecule has 0 aromatic heterocycles. The van der Waals surface area contributed by atoms with Crippen molar-refractivity contribution in [3.8, 4) is 0 Å². The van der Waals surface area contributed by atoms with E-state index in [9.17, 15) is 14.4 Å². The molecule has 1 aliphatic carbocycles. The van der Waals surface area contributed by atoms with Crippen molar-refractivity contribution in [2.24, 2.45) is 11.7 Å². The summed E-state index contributed by atoms with van der Waals surface area (Å²) in [6, 6.07) is -1.20. The first-order valence-electron chi connectivity index (χ1n) is 5.29. The van der Waals surface area contributed by atoms with Crippen LogP contribution in [0.15, 0.2) is 0 Å². The number of hydrogen-bond donors (Lipinski definition) is 3. The largest absolute Gasteiger partial charge is 0.480 e. The second kappa shape index (κ2) is 5.48. The number of primary amides is 1. The van der Waals surface area contributed by atoms with Gasteiger partial charge in [-0.05, 0) is 18.8 Å². The lowest BCUT2D eigenvalue weighted by atomic mass is 9.83. The van der Waals surface area contributed by atoms with Crippen LogP contribution in [0.1, 0.15) is 32.1 Å². The van der Waals surface area contributed by atoms with Crippen molar-refractivity contribution >= 4 is 17.8 Å². The lowest BCUT2D eigenvalue weighted by molar-refractivity contribution is -0.143. The van der Waals surface area contributed by atoms with Crippen LogP contribution in [0.2, 0.25) is 0 Å². The van der Waals surface area contributed by atoms with Gasteiger partial charge in [0.15, 0.2) is 0 Å². The third kappa shape index (κ3) is 3.88. The summed E-state index contributed by atoms with van der Waals surface area (Å²) >= 11 is 0. The first-order chi connectivity index (χ1) is 7.49. The zero-order valence-corrected chi connectivity index (χ0v) is 8.94. The molecule has 6 heteroatoms. The van der Waals surface area contributed by atoms with Crippen LogP contribution < -0.4 is 11.1 Å². The second-order valence-corrected chi connectivity index (χ2v) is 4.13. The molecule has 0 spiro atoms. The number of carbonyl (C=O) groups is 3. The summed E-state index contributed by atoms with van der Waals surface area (Å²) in [7, 11) is 0. The van der Waals surface area contributed by atoms with Crippen LogP contribution >= 0.6 is 0 Å². The zero-order chi connectivity index (χ0) is 12.1. The first-order valence-corrected chi connectivity index (χ1v) is 5.29. The Morgan fingerprint density at radius 3 is 2.38 bits per heavy atom. The summed E-state index contributed by atoms with van der Waals surface area (Å²) in [4.78, 5) is 32.7. The van der Waals surface area contributed by atoms with E-state index in [0.717, 1.165) is 19.3 Å². The van der Waals surface area contributed by atoms with Gasteiger partial charge >= 0.3 is 5.97 Å². The van der Waals surface area contributed by atoms with E-state index >= 15 is 0 Å². The molecule has 0 heterocycles. The van der Waals surface area contributed by atoms with E-state index < -0.39 is 17.9 Å². The Labute approximate surface area is 93.2 Å². The van der Waals surface area contributed by atoms with Crippen LogP contribution in [0.25, 0.3) is 0 Å². The number of rotatable bonds is 6. The van der Waals surface area contributed by atoms with Gasteiger partial charge in [0.2, 0.25) is 11.8 Å². The molecule has 1 unspecified atom stereocenters. The Hall–Kier alpha value is -1.59. The van der Waals surface area contributed by atoms with E-state index in [1.165, 1.54) is 0 Å². The monoisotopic (exact) mass is 228 g/mol. The van der Waals surface area contributed by atoms with E-state index in [1.54, 1.807) is 0 Å². The van der Waals surface area contributed by atoms with E-state index in [4.69, 9.17) is 10.8 Å². The number of amides is 2. The third-order valence-electron chi connectivity index (χ3n) is 2.74. The minimum absolute atomic E-state index is 0.321. The normalized spacial score (nSPS) is 17.2. The Morgan fingerprint density at radius 2 is 2.00 bits per heavy atom. The molecule has 90 valence electrons. The van der Waals surface area contributed by atoms with Crippen LogP contribution in [-0.4, -0.2) is 28.9 Å². The lowest BCUT2D eigenvalue weighted by Crippen LogP contribution is -2.44. The number of aliphatic carboxylic acids is 1. The number of hydrogen-bond acceptors (Lipinski definition) is 3. The van der Waals surface area contributed by atoms with Gasteiger partial charge < -0.3 is 16.2 Å². The van der Waals surface area contributed by atoms with Gasteiger partial charge in [0.05, 0.1) is 6.42 Å². The smallest absolute Gasteiger partial charge is 0.326 e. The van der Waals surface area contributed by atoms with Crippen molar-refractivity contribution in [3.63, 3.8) is 0 Å². The van der Waals surface area contributed by atoms with Crippen molar-refractivity contribution < 1.29 is 19.5 Å². The van der Waals surface area contributed by atoms with Gasteiger partial charge in [-0.2, -0.15) is 0 Å². The SMILES string of the molecule is NC(=O)CC(NC(=O)CC1CCC1)C(=O)O. The quantitative estimate of drug-likeness (QED) is 0.575. The van der Waals surface area contributed by atoms with E-state index in [2.05, 4.69) is 5.32 Å². The molecule has 0 aliphatic heterocycles. The van der Waals surface area contributed by atoms with Crippen molar-refractivity contribution in [3.05, 3.63) is 0 Å². The molecule has 1 atom stereocenters. The lowest BCUT2D eigenvalue weighted by Gasteiger charge is -2.25. The highest BCUT2D eigenvalue weighted by atomic mass is 16.4. The van der Waals surface area contributed by atoms with Crippen LogP contribution in [0, 0.1) is 5.92 Å². The summed E-state index contributed by atoms with van der Waals surface area (Å²) in [5.41, 5.74) is 4.89. The fourth-order valence-corrected chi connectivity index (χ4v) is 1.61. The van der Waals surface area contributed by atoms with Crippen LogP contribution in [0.4, 0.5) is 0 Å². The average molecular weight is 228 g/mol. The fraction of sp³-hybridized carbons (Fsp3) is 0.700. The van der Waals surface area contributed by atoms with Crippen molar-refractivity contribution in [2.75, 3.05) is 0 Å². The molecule has 2 amide bonds. The molecule has 0 bridgehead atoms. The third-order valence-corrected chi connectivity index (χ3v) is 2.74. The average Bonchev–Trinajstić information content (AvgIpc) is 2.09. The molecule has 0 aromatic carbocycles. The van der Waals surface area contributed by atoms with E-state index in [0.29, 0.717) is 12.3 Å². The van der Waals surface area contributed by atoms with Crippen molar-refractivity contribution in [1.29, 1.82) is 0 Å². The Morgan fingerprint density at radius 1 is 1.38 bits per heavy atom. The zero-order valence-electron chi connectivity index (χ0n) is 8.94. The van der Waals surface area contributed by atoms with Gasteiger partial charge in [0, 0.05) is 6.42 Å². The van der Waals surface area contributed by atoms with Gasteiger partial charge in [0.1, 0.15) is 6.04 Å². The summed E-state index contributed by atoms with van der Waals surface area (Å²) in [5, 5.41) is 11.1. The van der Waals surface area contributed by atoms with E-state index in [1.807, 2.05) is 0 Å². The highest BCUT2D eigenvalue weighted by Crippen LogP contribution is 2.29. The standard InChI is InChI=1S/C10H16N2O4/c11-8(13)5-7(10(15)16)12-9(14)4-6-2-1-3-6/h6-7H,1-5H2,(H2,11,13)(H,12,14)(H,15,16). The molecule has 1 rings (SSSR count). The van der Waals surface area contributed by atoms with Crippen LogP contribution in [0.3, 0.4) is 0 Å². The Balaban J connectivity index is 2.37. The molecular weight excluding hydrogens is 212 g/mol. The van der Waals surface area contributed by atoms with Crippen molar-refractivity contribution in [1.82, 2.24) is 5.32 Å². The molecule has 16 heavy (non-hydrogen) atoms. The van der Waals surface area contributed by atoms with Crippen molar-refractivity contribution in [2.45, 2.75) is 38.1 Å². The highest BCUT2D eigenvalue weighted by molar-refractivity contribution is 5.88. The highest BCUT2D eigenvalue weighted by Gasteiger charge is 2.25. The molecule has 0 saturated heterocycles. The number of nitrogens with one attached hydrogen (secondary N) is 1. The van der Waals surface area contributed by atoms with Gasteiger partial charge in [-0.3, -0.25) is 9.59 Å². The Kier molecular flexibility index (Phi) is 4.28. The van der Waals surface area contributed by atoms with Gasteiger partial charge in [-0.1, -0.05) is 6.42 Å². The Bertz CT molecular complexity index is 299. The van der Waals surface area contributed by atoms with Gasteiger partial charge in [0.25, 0.3) is 0 Å². The topological polar surface area (TPSA) is 109 Å². The molecule has 1 saturated carbocycles. The molecule has 1 fully saturated rings. The maximum absolute atomic E-state index is 11.4. The van der Waals surface area contributed by atoms with Gasteiger partial charge in [-0.25, -0.2) is 4.79 Å². The molecule has 0 radical (unpaired) electrons. The second-order valence-electron chi connectivity index (χ2n) is 4.13. The van der Waals surface area contributed by atoms with Crippen LogP contribution in [-0.2, 0) is 14.4 Å². The summed E-state index contributed by atoms with van der Waals surface area (Å²) in [6.45, 7) is 0. The van der Waals surface area contributed by atoms with Gasteiger partial charge in [-0.15, -0.1) is 0 Å². The molecule has 0 aromatic rings. The molecule has 1 aliphatic rings. The summed E-state index contributed by atoms with van der Waals surface area (Å²) in [6.07, 6.45) is 3.12. The number of carbonyl (C=O) groups excluding carboxylic acids is 2. The molecule has 4 N–H and O–H groups in total. The predicted octanol–water partition coefficient (Wildman–Crippen LogP) is -0.379.